The van der Waals surface area contributed by atoms with Crippen LogP contribution in [0.3, 0.4) is 0 Å². The Morgan fingerprint density at radius 1 is 1.40 bits per heavy atom. The summed E-state index contributed by atoms with van der Waals surface area (Å²) in [5.41, 5.74) is 0. The lowest BCUT2D eigenvalue weighted by atomic mass is 10.2. The number of hydrogen-bond donors (Lipinski definition) is 2. The van der Waals surface area contributed by atoms with Gasteiger partial charge in [0.25, 0.3) is 0 Å². The van der Waals surface area contributed by atoms with Crippen molar-refractivity contribution in [2.75, 3.05) is 31.1 Å². The smallest absolute Gasteiger partial charge is 0.239 e. The summed E-state index contributed by atoms with van der Waals surface area (Å²) in [4.78, 5) is 14.0. The van der Waals surface area contributed by atoms with Gasteiger partial charge in [-0.1, -0.05) is 0 Å². The maximum atomic E-state index is 12.0. The minimum atomic E-state index is -0.347. The monoisotopic (exact) mass is 230 g/mol. The van der Waals surface area contributed by atoms with Gasteiger partial charge in [0.15, 0.2) is 0 Å². The number of nitrogens with one attached hydrogen (secondary N) is 1. The van der Waals surface area contributed by atoms with E-state index in [1.807, 2.05) is 16.7 Å². The van der Waals surface area contributed by atoms with Gasteiger partial charge in [-0.25, -0.2) is 0 Å². The highest BCUT2D eigenvalue weighted by molar-refractivity contribution is 7.99. The lowest BCUT2D eigenvalue weighted by Crippen LogP contribution is -2.44. The minimum Gasteiger partial charge on any atom is -0.392 e. The first-order valence-corrected chi connectivity index (χ1v) is 6.71. The third kappa shape index (κ3) is 2.86. The van der Waals surface area contributed by atoms with Crippen molar-refractivity contribution in [1.29, 1.82) is 0 Å². The van der Waals surface area contributed by atoms with E-state index in [-0.39, 0.29) is 18.1 Å². The molecule has 0 radical (unpaired) electrons. The quantitative estimate of drug-likeness (QED) is 0.648. The first-order chi connectivity index (χ1) is 7.27. The average Bonchev–Trinajstić information content (AvgIpc) is 2.53. The highest BCUT2D eigenvalue weighted by Crippen LogP contribution is 2.14. The molecule has 0 aliphatic carbocycles. The Hall–Kier alpha value is -0.260. The molecule has 2 N–H and O–H groups in total. The van der Waals surface area contributed by atoms with Gasteiger partial charge in [0.2, 0.25) is 5.91 Å². The number of carbonyl (C=O) groups excluding carboxylic acids is 1. The zero-order chi connectivity index (χ0) is 10.7. The second-order valence-corrected chi connectivity index (χ2v) is 5.37. The Morgan fingerprint density at radius 3 is 3.00 bits per heavy atom. The number of amides is 1. The molecule has 2 atom stereocenters. The first-order valence-electron chi connectivity index (χ1n) is 5.55. The second kappa shape index (κ2) is 5.18. The van der Waals surface area contributed by atoms with Crippen molar-refractivity contribution in [3.63, 3.8) is 0 Å². The molecule has 5 heteroatoms. The van der Waals surface area contributed by atoms with Crippen molar-refractivity contribution in [2.45, 2.75) is 25.0 Å². The molecular formula is C10H18N2O2S. The molecule has 15 heavy (non-hydrogen) atoms. The van der Waals surface area contributed by atoms with Gasteiger partial charge in [0.1, 0.15) is 0 Å². The van der Waals surface area contributed by atoms with E-state index >= 15 is 0 Å². The first kappa shape index (κ1) is 11.2. The van der Waals surface area contributed by atoms with Gasteiger partial charge in [-0.2, -0.15) is 11.8 Å². The number of aliphatic hydroxyl groups excluding tert-OH is 1. The lowest BCUT2D eigenvalue weighted by Gasteiger charge is -2.23. The Kier molecular flexibility index (Phi) is 3.88. The lowest BCUT2D eigenvalue weighted by molar-refractivity contribution is -0.132. The molecule has 2 aliphatic rings. The summed E-state index contributed by atoms with van der Waals surface area (Å²) < 4.78 is 0. The van der Waals surface area contributed by atoms with E-state index in [2.05, 4.69) is 5.32 Å². The largest absolute Gasteiger partial charge is 0.392 e. The van der Waals surface area contributed by atoms with E-state index in [0.29, 0.717) is 13.0 Å². The predicted molar refractivity (Wildman–Crippen MR) is 60.9 cm³/mol. The van der Waals surface area contributed by atoms with E-state index in [0.717, 1.165) is 31.0 Å². The number of β-amino-alcohol motifs (C(OH)–C–C–N with tert-alkyl or cyclic N) is 1. The van der Waals surface area contributed by atoms with Gasteiger partial charge in [0.05, 0.1) is 12.1 Å². The minimum absolute atomic E-state index is 0.150. The van der Waals surface area contributed by atoms with Crippen LogP contribution in [0.2, 0.25) is 0 Å². The number of nitrogens with zero attached hydrogens (tertiary/aromatic N) is 1. The van der Waals surface area contributed by atoms with E-state index in [4.69, 9.17) is 0 Å². The zero-order valence-electron chi connectivity index (χ0n) is 8.82. The Bertz CT molecular complexity index is 229. The molecule has 0 unspecified atom stereocenters. The van der Waals surface area contributed by atoms with Crippen LogP contribution in [-0.2, 0) is 4.79 Å². The van der Waals surface area contributed by atoms with Crippen LogP contribution in [0.1, 0.15) is 12.8 Å². The fraction of sp³-hybridized carbons (Fsp3) is 0.900. The topological polar surface area (TPSA) is 52.6 Å². The van der Waals surface area contributed by atoms with Crippen molar-refractivity contribution in [1.82, 2.24) is 10.2 Å². The average molecular weight is 230 g/mol. The molecule has 2 aliphatic heterocycles. The van der Waals surface area contributed by atoms with Crippen LogP contribution < -0.4 is 5.32 Å². The van der Waals surface area contributed by atoms with Crippen LogP contribution in [0.15, 0.2) is 0 Å². The van der Waals surface area contributed by atoms with Gasteiger partial charge in [0, 0.05) is 25.4 Å². The summed E-state index contributed by atoms with van der Waals surface area (Å²) in [6, 6.07) is -0.150. The molecule has 86 valence electrons. The zero-order valence-corrected chi connectivity index (χ0v) is 9.63. The van der Waals surface area contributed by atoms with Crippen molar-refractivity contribution < 1.29 is 9.90 Å². The molecule has 0 bridgehead atoms. The normalized spacial score (nSPS) is 32.7. The summed E-state index contributed by atoms with van der Waals surface area (Å²) in [6.07, 6.45) is 1.31. The molecule has 2 rings (SSSR count). The van der Waals surface area contributed by atoms with E-state index < -0.39 is 0 Å². The molecule has 2 saturated heterocycles. The van der Waals surface area contributed by atoms with Gasteiger partial charge in [-0.15, -0.1) is 0 Å². The molecule has 0 spiro atoms. The van der Waals surface area contributed by atoms with Gasteiger partial charge in [-0.05, 0) is 18.6 Å². The maximum Gasteiger partial charge on any atom is 0.239 e. The van der Waals surface area contributed by atoms with Crippen molar-refractivity contribution in [2.24, 2.45) is 0 Å². The highest BCUT2D eigenvalue weighted by atomic mass is 32.2. The molecule has 0 aromatic heterocycles. The number of hydrogen-bond acceptors (Lipinski definition) is 4. The molecule has 2 fully saturated rings. The third-order valence-electron chi connectivity index (χ3n) is 2.94. The molecule has 0 aromatic rings. The predicted octanol–water partition coefficient (Wildman–Crippen LogP) is -0.325. The summed E-state index contributed by atoms with van der Waals surface area (Å²) in [5, 5.41) is 12.4. The molecular weight excluding hydrogens is 212 g/mol. The van der Waals surface area contributed by atoms with Crippen molar-refractivity contribution in [3.8, 4) is 0 Å². The molecule has 4 nitrogen and oxygen atoms in total. The number of rotatable bonds is 1. The van der Waals surface area contributed by atoms with Crippen LogP contribution in [0.25, 0.3) is 0 Å². The van der Waals surface area contributed by atoms with Crippen LogP contribution in [-0.4, -0.2) is 59.2 Å². The second-order valence-electron chi connectivity index (χ2n) is 4.14. The molecule has 1 amide bonds. The summed E-state index contributed by atoms with van der Waals surface area (Å²) >= 11 is 1.92. The van der Waals surface area contributed by atoms with E-state index in [1.165, 1.54) is 0 Å². The summed E-state index contributed by atoms with van der Waals surface area (Å²) in [7, 11) is 0. The van der Waals surface area contributed by atoms with Gasteiger partial charge >= 0.3 is 0 Å². The standard InChI is InChI=1S/C10H18N2O2S/c13-8-6-9(11-7-8)10(14)12-2-1-4-15-5-3-12/h8-9,11,13H,1-7H2/t8-,9+/m0/s1. The fourth-order valence-electron chi connectivity index (χ4n) is 2.09. The highest BCUT2D eigenvalue weighted by Gasteiger charge is 2.31. The fourth-order valence-corrected chi connectivity index (χ4v) is 2.98. The SMILES string of the molecule is O=C([C@H]1C[C@H](O)CN1)N1CCCSCC1. The maximum absolute atomic E-state index is 12.0. The number of aliphatic hydroxyl groups is 1. The number of thioether (sulfide) groups is 1. The molecule has 0 aromatic carbocycles. The third-order valence-corrected chi connectivity index (χ3v) is 3.99. The van der Waals surface area contributed by atoms with Crippen LogP contribution in [0, 0.1) is 0 Å². The van der Waals surface area contributed by atoms with E-state index in [9.17, 15) is 9.90 Å². The Morgan fingerprint density at radius 2 is 2.27 bits per heavy atom. The van der Waals surface area contributed by atoms with Crippen LogP contribution in [0.5, 0.6) is 0 Å². The summed E-state index contributed by atoms with van der Waals surface area (Å²) in [5.74, 6) is 2.37. The van der Waals surface area contributed by atoms with E-state index in [1.54, 1.807) is 0 Å². The molecule has 0 saturated carbocycles. The van der Waals surface area contributed by atoms with Crippen LogP contribution >= 0.6 is 11.8 Å². The van der Waals surface area contributed by atoms with Crippen molar-refractivity contribution in [3.05, 3.63) is 0 Å². The Labute approximate surface area is 94.4 Å². The van der Waals surface area contributed by atoms with Crippen LogP contribution in [0.4, 0.5) is 0 Å². The number of carbonyl (C=O) groups is 1. The summed E-state index contributed by atoms with van der Waals surface area (Å²) in [6.45, 7) is 2.29. The molecule has 2 heterocycles. The Balaban J connectivity index is 1.88. The van der Waals surface area contributed by atoms with Gasteiger partial charge < -0.3 is 15.3 Å². The van der Waals surface area contributed by atoms with Gasteiger partial charge in [-0.3, -0.25) is 4.79 Å². The van der Waals surface area contributed by atoms with Crippen molar-refractivity contribution >= 4 is 17.7 Å².